The predicted molar refractivity (Wildman–Crippen MR) is 98.8 cm³/mol. The van der Waals surface area contributed by atoms with Crippen LogP contribution in [-0.2, 0) is 0 Å². The highest BCUT2D eigenvalue weighted by atomic mass is 35.5. The normalized spacial score (nSPS) is 22.5. The van der Waals surface area contributed by atoms with Crippen molar-refractivity contribution < 1.29 is 0 Å². The Labute approximate surface area is 150 Å². The molecule has 120 valence electrons. The maximum Gasteiger partial charge on any atom is 0.120 e. The Bertz CT molecular complexity index is 743. The summed E-state index contributed by atoms with van der Waals surface area (Å²) in [5.41, 5.74) is 5.35. The van der Waals surface area contributed by atoms with Crippen molar-refractivity contribution in [2.24, 2.45) is 10.9 Å². The number of halogens is 3. The number of benzene rings is 2. The Kier molecular flexibility index (Phi) is 4.72. The molecule has 1 aliphatic rings. The van der Waals surface area contributed by atoms with Gasteiger partial charge < -0.3 is 0 Å². The van der Waals surface area contributed by atoms with E-state index in [4.69, 9.17) is 34.8 Å². The highest BCUT2D eigenvalue weighted by molar-refractivity contribution is 6.36. The van der Waals surface area contributed by atoms with Gasteiger partial charge in [-0.2, -0.15) is 0 Å². The number of hydrazine groups is 1. The van der Waals surface area contributed by atoms with Crippen LogP contribution >= 0.6 is 34.8 Å². The highest BCUT2D eigenvalue weighted by Crippen LogP contribution is 2.40. The van der Waals surface area contributed by atoms with Crippen LogP contribution in [0.15, 0.2) is 47.5 Å². The van der Waals surface area contributed by atoms with Gasteiger partial charge >= 0.3 is 0 Å². The van der Waals surface area contributed by atoms with E-state index in [1.54, 1.807) is 13.1 Å². The van der Waals surface area contributed by atoms with Crippen molar-refractivity contribution in [3.8, 4) is 0 Å². The van der Waals surface area contributed by atoms with Gasteiger partial charge in [-0.3, -0.25) is 15.4 Å². The molecule has 1 fully saturated rings. The number of anilines is 1. The van der Waals surface area contributed by atoms with Crippen molar-refractivity contribution in [1.29, 1.82) is 0 Å². The van der Waals surface area contributed by atoms with Gasteiger partial charge in [-0.15, -0.1) is 0 Å². The minimum Gasteiger partial charge on any atom is -0.285 e. The smallest absolute Gasteiger partial charge is 0.120 e. The Morgan fingerprint density at radius 2 is 1.65 bits per heavy atom. The number of hydrogen-bond donors (Lipinski definition) is 1. The van der Waals surface area contributed by atoms with Crippen LogP contribution in [0.5, 0.6) is 0 Å². The lowest BCUT2D eigenvalue weighted by Crippen LogP contribution is -2.35. The van der Waals surface area contributed by atoms with Crippen LogP contribution in [0, 0.1) is 5.92 Å². The third-order valence-corrected chi connectivity index (χ3v) is 4.83. The van der Waals surface area contributed by atoms with Gasteiger partial charge in [0.25, 0.3) is 0 Å². The van der Waals surface area contributed by atoms with Crippen molar-refractivity contribution in [2.75, 3.05) is 12.1 Å². The summed E-state index contributed by atoms with van der Waals surface area (Å²) in [4.78, 5) is 4.35. The molecular formula is C17H16Cl3N3. The summed E-state index contributed by atoms with van der Waals surface area (Å²) < 4.78 is 0. The van der Waals surface area contributed by atoms with E-state index in [1.165, 1.54) is 0 Å². The van der Waals surface area contributed by atoms with E-state index in [-0.39, 0.29) is 12.0 Å². The first-order chi connectivity index (χ1) is 11.0. The second kappa shape index (κ2) is 6.60. The van der Waals surface area contributed by atoms with Gasteiger partial charge in [0.15, 0.2) is 0 Å². The van der Waals surface area contributed by atoms with Crippen LogP contribution in [0.3, 0.4) is 0 Å². The molecular weight excluding hydrogens is 353 g/mol. The molecule has 1 aliphatic heterocycles. The molecule has 0 aromatic heterocycles. The van der Waals surface area contributed by atoms with Gasteiger partial charge in [0.2, 0.25) is 0 Å². The Balaban J connectivity index is 2.07. The molecule has 3 nitrogen and oxygen atoms in total. The second-order valence-electron chi connectivity index (χ2n) is 5.47. The molecule has 2 atom stereocenters. The summed E-state index contributed by atoms with van der Waals surface area (Å²) in [5, 5.41) is 3.95. The fourth-order valence-corrected chi connectivity index (χ4v) is 3.53. The third kappa shape index (κ3) is 3.14. The highest BCUT2D eigenvalue weighted by Gasteiger charge is 2.38. The molecule has 0 spiro atoms. The number of aliphatic imine (C=N–C) groups is 1. The predicted octanol–water partition coefficient (Wildman–Crippen LogP) is 5.38. The van der Waals surface area contributed by atoms with Crippen molar-refractivity contribution in [3.63, 3.8) is 0 Å². The molecule has 0 bridgehead atoms. The number of nitrogens with zero attached hydrogens (tertiary/aromatic N) is 2. The number of amidine groups is 1. The van der Waals surface area contributed by atoms with Crippen molar-refractivity contribution in [3.05, 3.63) is 63.1 Å². The van der Waals surface area contributed by atoms with Crippen molar-refractivity contribution in [2.45, 2.75) is 13.0 Å². The summed E-state index contributed by atoms with van der Waals surface area (Å²) in [6.45, 7) is 2.14. The van der Waals surface area contributed by atoms with Gasteiger partial charge in [-0.25, -0.2) is 0 Å². The van der Waals surface area contributed by atoms with Gasteiger partial charge in [0.05, 0.1) is 16.8 Å². The molecule has 23 heavy (non-hydrogen) atoms. The van der Waals surface area contributed by atoms with E-state index in [0.29, 0.717) is 15.1 Å². The molecule has 2 unspecified atom stereocenters. The lowest BCUT2D eigenvalue weighted by molar-refractivity contribution is 0.588. The Morgan fingerprint density at radius 1 is 1.00 bits per heavy atom. The average molecular weight is 369 g/mol. The summed E-state index contributed by atoms with van der Waals surface area (Å²) >= 11 is 18.4. The quantitative estimate of drug-likeness (QED) is 0.771. The zero-order chi connectivity index (χ0) is 16.6. The number of hydrogen-bond acceptors (Lipinski definition) is 2. The van der Waals surface area contributed by atoms with E-state index in [1.807, 2.05) is 41.4 Å². The minimum absolute atomic E-state index is 0.0599. The molecule has 6 heteroatoms. The minimum atomic E-state index is 0.0599. The Morgan fingerprint density at radius 3 is 2.26 bits per heavy atom. The first-order valence-electron chi connectivity index (χ1n) is 7.24. The fourth-order valence-electron chi connectivity index (χ4n) is 2.91. The zero-order valence-electron chi connectivity index (χ0n) is 12.7. The molecule has 1 heterocycles. The fraction of sp³-hybridized carbons (Fsp3) is 0.235. The van der Waals surface area contributed by atoms with E-state index >= 15 is 0 Å². The summed E-state index contributed by atoms with van der Waals surface area (Å²) in [7, 11) is 1.78. The largest absolute Gasteiger partial charge is 0.285 e. The number of nitrogens with one attached hydrogen (secondary N) is 1. The maximum atomic E-state index is 6.40. The average Bonchev–Trinajstić information content (AvgIpc) is 2.85. The molecule has 0 aliphatic carbocycles. The van der Waals surface area contributed by atoms with E-state index < -0.39 is 0 Å². The SMILES string of the molecule is CN=C1NN(c2ccc(Cl)cc2Cl)C(c2ccc(Cl)cc2)C1C. The molecule has 3 rings (SSSR count). The summed E-state index contributed by atoms with van der Waals surface area (Å²) in [6.07, 6.45) is 0. The first-order valence-corrected chi connectivity index (χ1v) is 8.37. The first kappa shape index (κ1) is 16.4. The zero-order valence-corrected chi connectivity index (χ0v) is 15.0. The lowest BCUT2D eigenvalue weighted by atomic mass is 9.94. The van der Waals surface area contributed by atoms with Crippen LogP contribution in [0.1, 0.15) is 18.5 Å². The van der Waals surface area contributed by atoms with Gasteiger partial charge in [0, 0.05) is 23.0 Å². The van der Waals surface area contributed by atoms with Gasteiger partial charge in [-0.1, -0.05) is 53.9 Å². The monoisotopic (exact) mass is 367 g/mol. The number of rotatable bonds is 2. The topological polar surface area (TPSA) is 27.6 Å². The van der Waals surface area contributed by atoms with E-state index in [2.05, 4.69) is 17.3 Å². The van der Waals surface area contributed by atoms with Crippen LogP contribution in [0.4, 0.5) is 5.69 Å². The van der Waals surface area contributed by atoms with E-state index in [9.17, 15) is 0 Å². The lowest BCUT2D eigenvalue weighted by Gasteiger charge is -2.28. The van der Waals surface area contributed by atoms with E-state index in [0.717, 1.165) is 17.1 Å². The molecule has 2 aromatic carbocycles. The summed E-state index contributed by atoms with van der Waals surface area (Å²) in [5.74, 6) is 1.10. The molecule has 2 aromatic rings. The molecule has 0 saturated carbocycles. The van der Waals surface area contributed by atoms with Crippen LogP contribution in [-0.4, -0.2) is 12.9 Å². The standard InChI is InChI=1S/C17H16Cl3N3/c1-10-16(11-3-5-12(18)6-4-11)23(22-17(10)21-2)15-8-7-13(19)9-14(15)20/h3-10,16H,1-2H3,(H,21,22). The van der Waals surface area contributed by atoms with Gasteiger partial charge in [0.1, 0.15) is 5.84 Å². The molecule has 0 amide bonds. The summed E-state index contributed by atoms with van der Waals surface area (Å²) in [6, 6.07) is 13.4. The Hall–Kier alpha value is -1.42. The van der Waals surface area contributed by atoms with Crippen molar-refractivity contribution >= 4 is 46.3 Å². The van der Waals surface area contributed by atoms with Gasteiger partial charge in [-0.05, 0) is 35.9 Å². The molecule has 0 radical (unpaired) electrons. The third-order valence-electron chi connectivity index (χ3n) is 4.04. The molecule has 1 saturated heterocycles. The van der Waals surface area contributed by atoms with Crippen LogP contribution in [0.25, 0.3) is 0 Å². The van der Waals surface area contributed by atoms with Crippen molar-refractivity contribution in [1.82, 2.24) is 5.43 Å². The second-order valence-corrected chi connectivity index (χ2v) is 6.75. The van der Waals surface area contributed by atoms with Crippen LogP contribution < -0.4 is 10.4 Å². The molecule has 1 N–H and O–H groups in total. The maximum absolute atomic E-state index is 6.40. The van der Waals surface area contributed by atoms with Crippen LogP contribution in [0.2, 0.25) is 15.1 Å².